The second-order valence-electron chi connectivity index (χ2n) is 7.86. The Hall–Kier alpha value is -2.00. The second-order valence-corrected chi connectivity index (χ2v) is 8.30. The van der Waals surface area contributed by atoms with Crippen LogP contribution in [0.1, 0.15) is 30.4 Å². The lowest BCUT2D eigenvalue weighted by molar-refractivity contribution is -0.116. The van der Waals surface area contributed by atoms with Gasteiger partial charge in [0.05, 0.1) is 6.54 Å². The van der Waals surface area contributed by atoms with E-state index in [2.05, 4.69) is 33.1 Å². The number of aryl methyl sites for hydroxylation is 1. The Morgan fingerprint density at radius 2 is 2.03 bits per heavy atom. The van der Waals surface area contributed by atoms with E-state index in [-0.39, 0.29) is 35.3 Å². The number of hydrogen-bond acceptors (Lipinski definition) is 3. The second kappa shape index (κ2) is 10.5. The lowest BCUT2D eigenvalue weighted by atomic mass is 9.96. The van der Waals surface area contributed by atoms with Crippen molar-refractivity contribution in [2.45, 2.75) is 31.1 Å². The molecule has 1 amide bonds. The highest BCUT2D eigenvalue weighted by Crippen LogP contribution is 2.48. The number of nitrogens with one attached hydrogen (secondary N) is 3. The van der Waals surface area contributed by atoms with Crippen molar-refractivity contribution in [2.75, 3.05) is 32.1 Å². The number of carbonyl (C=O) groups excluding carboxylic acids is 1. The molecule has 1 saturated carbocycles. The molecule has 1 aliphatic carbocycles. The number of hydrogen-bond donors (Lipinski definition) is 3. The fraction of sp³-hybridized carbons (Fsp3) is 0.391. The molecule has 1 aliphatic heterocycles. The van der Waals surface area contributed by atoms with E-state index in [0.29, 0.717) is 19.6 Å². The quantitative estimate of drug-likeness (QED) is 0.208. The third kappa shape index (κ3) is 6.04. The van der Waals surface area contributed by atoms with Crippen LogP contribution in [0.4, 0.5) is 5.69 Å². The van der Waals surface area contributed by atoms with E-state index >= 15 is 0 Å². The summed E-state index contributed by atoms with van der Waals surface area (Å²) in [5, 5.41) is 10.4. The van der Waals surface area contributed by atoms with Gasteiger partial charge in [0, 0.05) is 36.1 Å². The number of nitrogens with zero attached hydrogens (tertiary/aromatic N) is 1. The predicted molar refractivity (Wildman–Crippen MR) is 136 cm³/mol. The molecule has 8 heteroatoms. The molecule has 0 spiro atoms. The first-order chi connectivity index (χ1) is 14.6. The van der Waals surface area contributed by atoms with Crippen LogP contribution in [0, 0.1) is 0 Å². The first-order valence-corrected chi connectivity index (χ1v) is 10.7. The summed E-state index contributed by atoms with van der Waals surface area (Å²) in [5.74, 6) is 1.65. The van der Waals surface area contributed by atoms with Crippen LogP contribution in [-0.4, -0.2) is 38.6 Å². The minimum atomic E-state index is 0. The molecule has 0 bridgehead atoms. The van der Waals surface area contributed by atoms with Gasteiger partial charge < -0.3 is 20.7 Å². The number of halogens is 2. The highest BCUT2D eigenvalue weighted by Gasteiger charge is 2.44. The average Bonchev–Trinajstić information content (AvgIpc) is 3.54. The van der Waals surface area contributed by atoms with Crippen LogP contribution in [0.2, 0.25) is 5.02 Å². The van der Waals surface area contributed by atoms with E-state index in [0.717, 1.165) is 53.8 Å². The van der Waals surface area contributed by atoms with Gasteiger partial charge in [-0.3, -0.25) is 9.79 Å². The van der Waals surface area contributed by atoms with Gasteiger partial charge in [0.1, 0.15) is 12.4 Å². The van der Waals surface area contributed by atoms with Crippen molar-refractivity contribution in [3.8, 4) is 5.75 Å². The lowest BCUT2D eigenvalue weighted by Crippen LogP contribution is -2.42. The summed E-state index contributed by atoms with van der Waals surface area (Å²) in [7, 11) is 1.77. The smallest absolute Gasteiger partial charge is 0.224 e. The number of benzene rings is 2. The number of amides is 1. The highest BCUT2D eigenvalue weighted by molar-refractivity contribution is 14.0. The molecule has 2 aliphatic rings. The van der Waals surface area contributed by atoms with Crippen molar-refractivity contribution in [1.29, 1.82) is 0 Å². The molecule has 31 heavy (non-hydrogen) atoms. The number of guanidine groups is 1. The van der Waals surface area contributed by atoms with E-state index in [1.165, 1.54) is 5.56 Å². The van der Waals surface area contributed by atoms with E-state index < -0.39 is 0 Å². The maximum atomic E-state index is 11.5. The fourth-order valence-corrected chi connectivity index (χ4v) is 3.99. The molecule has 2 aromatic carbocycles. The molecular weight excluding hydrogens is 527 g/mol. The number of anilines is 1. The van der Waals surface area contributed by atoms with Crippen LogP contribution in [0.25, 0.3) is 0 Å². The molecule has 2 aromatic rings. The van der Waals surface area contributed by atoms with Crippen LogP contribution in [0.15, 0.2) is 47.5 Å². The van der Waals surface area contributed by atoms with Crippen LogP contribution in [0.5, 0.6) is 5.75 Å². The van der Waals surface area contributed by atoms with E-state index in [4.69, 9.17) is 16.3 Å². The van der Waals surface area contributed by atoms with Gasteiger partial charge in [0.15, 0.2) is 5.96 Å². The summed E-state index contributed by atoms with van der Waals surface area (Å²) in [6.45, 7) is 1.98. The third-order valence-electron chi connectivity index (χ3n) is 5.74. The largest absolute Gasteiger partial charge is 0.492 e. The topological polar surface area (TPSA) is 74.8 Å². The van der Waals surface area contributed by atoms with Gasteiger partial charge in [-0.2, -0.15) is 0 Å². The maximum Gasteiger partial charge on any atom is 0.224 e. The summed E-state index contributed by atoms with van der Waals surface area (Å²) in [6, 6.07) is 13.9. The van der Waals surface area contributed by atoms with Crippen molar-refractivity contribution in [3.05, 3.63) is 58.6 Å². The van der Waals surface area contributed by atoms with Gasteiger partial charge in [-0.1, -0.05) is 23.7 Å². The van der Waals surface area contributed by atoms with Gasteiger partial charge in [0.25, 0.3) is 0 Å². The van der Waals surface area contributed by atoms with Crippen LogP contribution in [-0.2, 0) is 16.6 Å². The van der Waals surface area contributed by atoms with Crippen LogP contribution in [0.3, 0.4) is 0 Å². The normalized spacial score (nSPS) is 16.5. The monoisotopic (exact) mass is 554 g/mol. The van der Waals surface area contributed by atoms with Gasteiger partial charge in [0.2, 0.25) is 5.91 Å². The summed E-state index contributed by atoms with van der Waals surface area (Å²) >= 11 is 6.16. The SMILES string of the molecule is CN=C(NCCOc1ccc2c(c1)CCC(=O)N2)NCC1(c2cccc(Cl)c2)CC1.I. The zero-order valence-electron chi connectivity index (χ0n) is 17.5. The Bertz CT molecular complexity index is 962. The number of aliphatic imine (C=N–C) groups is 1. The highest BCUT2D eigenvalue weighted by atomic mass is 127. The zero-order chi connectivity index (χ0) is 21.0. The average molecular weight is 555 g/mol. The molecule has 0 saturated heterocycles. The lowest BCUT2D eigenvalue weighted by Gasteiger charge is -2.20. The number of fused-ring (bicyclic) bond motifs is 1. The Morgan fingerprint density at radius 1 is 1.19 bits per heavy atom. The maximum absolute atomic E-state index is 11.5. The van der Waals surface area contributed by atoms with Gasteiger partial charge >= 0.3 is 0 Å². The molecular formula is C23H28ClIN4O2. The Kier molecular flexibility index (Phi) is 8.05. The molecule has 0 atom stereocenters. The van der Waals surface area contributed by atoms with Crippen molar-refractivity contribution in [2.24, 2.45) is 4.99 Å². The van der Waals surface area contributed by atoms with E-state index in [9.17, 15) is 4.79 Å². The Morgan fingerprint density at radius 3 is 2.77 bits per heavy atom. The first kappa shape index (κ1) is 23.7. The number of carbonyl (C=O) groups is 1. The molecule has 6 nitrogen and oxygen atoms in total. The van der Waals surface area contributed by atoms with Gasteiger partial charge in [-0.25, -0.2) is 0 Å². The molecule has 0 unspecified atom stereocenters. The Labute approximate surface area is 205 Å². The van der Waals surface area contributed by atoms with E-state index in [1.807, 2.05) is 30.3 Å². The molecule has 1 heterocycles. The third-order valence-corrected chi connectivity index (χ3v) is 5.98. The summed E-state index contributed by atoms with van der Waals surface area (Å²) in [4.78, 5) is 15.8. The zero-order valence-corrected chi connectivity index (χ0v) is 20.6. The molecule has 1 fully saturated rings. The molecule has 4 rings (SSSR count). The van der Waals surface area contributed by atoms with Crippen molar-refractivity contribution >= 4 is 53.1 Å². The summed E-state index contributed by atoms with van der Waals surface area (Å²) in [6.07, 6.45) is 3.58. The standard InChI is InChI=1S/C23H27ClN4O2.HI/c1-25-22(27-15-23(9-10-23)17-3-2-4-18(24)14-17)26-11-12-30-19-6-7-20-16(13-19)5-8-21(29)28-20;/h2-4,6-7,13-14H,5,8-12,15H2,1H3,(H,28,29)(H2,25,26,27);1H. The van der Waals surface area contributed by atoms with E-state index in [1.54, 1.807) is 7.05 Å². The van der Waals surface area contributed by atoms with Gasteiger partial charge in [-0.05, 0) is 60.7 Å². The molecule has 0 radical (unpaired) electrons. The van der Waals surface area contributed by atoms with Crippen LogP contribution < -0.4 is 20.7 Å². The molecule has 0 aromatic heterocycles. The van der Waals surface area contributed by atoms with Crippen molar-refractivity contribution < 1.29 is 9.53 Å². The number of rotatable bonds is 7. The predicted octanol–water partition coefficient (Wildman–Crippen LogP) is 4.12. The minimum absolute atomic E-state index is 0. The van der Waals surface area contributed by atoms with Crippen LogP contribution >= 0.6 is 35.6 Å². The summed E-state index contributed by atoms with van der Waals surface area (Å²) < 4.78 is 5.86. The Balaban J connectivity index is 0.00000272. The van der Waals surface area contributed by atoms with Gasteiger partial charge in [-0.15, -0.1) is 24.0 Å². The van der Waals surface area contributed by atoms with Crippen molar-refractivity contribution in [3.63, 3.8) is 0 Å². The molecule has 3 N–H and O–H groups in total. The fourth-order valence-electron chi connectivity index (χ4n) is 3.80. The van der Waals surface area contributed by atoms with Crippen molar-refractivity contribution in [1.82, 2.24) is 10.6 Å². The minimum Gasteiger partial charge on any atom is -0.492 e. The molecule has 166 valence electrons. The number of ether oxygens (including phenoxy) is 1. The summed E-state index contributed by atoms with van der Waals surface area (Å²) in [5.41, 5.74) is 3.44. The first-order valence-electron chi connectivity index (χ1n) is 10.3.